The fourth-order valence-corrected chi connectivity index (χ4v) is 2.24. The summed E-state index contributed by atoms with van der Waals surface area (Å²) in [5, 5.41) is 10.2. The number of benzene rings is 1. The monoisotopic (exact) mass is 244 g/mol. The Morgan fingerprint density at radius 1 is 1.33 bits per heavy atom. The Balaban J connectivity index is 1.89. The van der Waals surface area contributed by atoms with Crippen LogP contribution < -0.4 is 0 Å². The molecule has 96 valence electrons. The lowest BCUT2D eigenvalue weighted by Gasteiger charge is -2.14. The zero-order chi connectivity index (χ0) is 13.0. The van der Waals surface area contributed by atoms with Crippen molar-refractivity contribution in [3.05, 3.63) is 53.6 Å². The Morgan fingerprint density at radius 2 is 2.17 bits per heavy atom. The number of hydrogen-bond acceptors (Lipinski definition) is 2. The van der Waals surface area contributed by atoms with Gasteiger partial charge in [-0.2, -0.15) is 0 Å². The Labute approximate surface area is 108 Å². The predicted octanol–water partition coefficient (Wildman–Crippen LogP) is 3.01. The number of hydrogen-bond donors (Lipinski definition) is 1. The fourth-order valence-electron chi connectivity index (χ4n) is 2.24. The van der Waals surface area contributed by atoms with Crippen LogP contribution in [0.5, 0.6) is 0 Å². The van der Waals surface area contributed by atoms with Crippen molar-refractivity contribution in [1.29, 1.82) is 0 Å². The van der Waals surface area contributed by atoms with Crippen molar-refractivity contribution in [2.24, 2.45) is 0 Å². The first-order valence-corrected chi connectivity index (χ1v) is 6.38. The molecular formula is C15H20N2O. The van der Waals surface area contributed by atoms with Crippen molar-refractivity contribution in [3.63, 3.8) is 0 Å². The van der Waals surface area contributed by atoms with E-state index in [2.05, 4.69) is 31.0 Å². The molecule has 0 aliphatic carbocycles. The molecular weight excluding hydrogens is 224 g/mol. The van der Waals surface area contributed by atoms with E-state index in [4.69, 9.17) is 0 Å². The summed E-state index contributed by atoms with van der Waals surface area (Å²) >= 11 is 0. The molecule has 0 bridgehead atoms. The van der Waals surface area contributed by atoms with Crippen LogP contribution >= 0.6 is 0 Å². The maximum absolute atomic E-state index is 10.2. The molecule has 1 aromatic heterocycles. The highest BCUT2D eigenvalue weighted by atomic mass is 16.3. The van der Waals surface area contributed by atoms with E-state index in [1.807, 2.05) is 23.2 Å². The van der Waals surface area contributed by atoms with E-state index in [0.717, 1.165) is 24.9 Å². The Morgan fingerprint density at radius 3 is 2.83 bits per heavy atom. The molecule has 1 unspecified atom stereocenters. The second-order valence-corrected chi connectivity index (χ2v) is 4.82. The molecule has 3 heteroatoms. The molecule has 0 spiro atoms. The molecule has 3 nitrogen and oxygen atoms in total. The van der Waals surface area contributed by atoms with E-state index in [9.17, 15) is 5.11 Å². The molecule has 18 heavy (non-hydrogen) atoms. The summed E-state index contributed by atoms with van der Waals surface area (Å²) in [5.74, 6) is 0. The highest BCUT2D eigenvalue weighted by molar-refractivity contribution is 5.31. The first kappa shape index (κ1) is 12.8. The fraction of sp³-hybridized carbons (Fsp3) is 0.400. The van der Waals surface area contributed by atoms with Gasteiger partial charge in [-0.15, -0.1) is 0 Å². The number of aliphatic hydroxyl groups excluding tert-OH is 1. The molecule has 0 saturated carbocycles. The van der Waals surface area contributed by atoms with Crippen LogP contribution in [-0.2, 0) is 6.54 Å². The van der Waals surface area contributed by atoms with Crippen molar-refractivity contribution in [3.8, 4) is 0 Å². The van der Waals surface area contributed by atoms with E-state index in [1.54, 1.807) is 6.20 Å². The largest absolute Gasteiger partial charge is 0.388 e. The summed E-state index contributed by atoms with van der Waals surface area (Å²) in [4.78, 5) is 4.00. The first-order valence-electron chi connectivity index (χ1n) is 6.38. The third-order valence-corrected chi connectivity index (χ3v) is 3.24. The number of aryl methyl sites for hydroxylation is 3. The second-order valence-electron chi connectivity index (χ2n) is 4.82. The molecule has 1 aromatic carbocycles. The van der Waals surface area contributed by atoms with Crippen molar-refractivity contribution < 1.29 is 5.11 Å². The lowest BCUT2D eigenvalue weighted by molar-refractivity contribution is 0.162. The summed E-state index contributed by atoms with van der Waals surface area (Å²) in [7, 11) is 0. The molecule has 1 heterocycles. The van der Waals surface area contributed by atoms with Crippen molar-refractivity contribution >= 4 is 0 Å². The SMILES string of the molecule is Cc1ccc(C(O)CCCn2ccnc2)c(C)c1. The van der Waals surface area contributed by atoms with Gasteiger partial charge in [0.15, 0.2) is 0 Å². The molecule has 2 rings (SSSR count). The smallest absolute Gasteiger partial charge is 0.0945 e. The average molecular weight is 244 g/mol. The van der Waals surface area contributed by atoms with Gasteiger partial charge in [0, 0.05) is 18.9 Å². The van der Waals surface area contributed by atoms with E-state index >= 15 is 0 Å². The minimum atomic E-state index is -0.367. The van der Waals surface area contributed by atoms with Gasteiger partial charge in [-0.25, -0.2) is 4.98 Å². The van der Waals surface area contributed by atoms with Crippen LogP contribution in [0.2, 0.25) is 0 Å². The van der Waals surface area contributed by atoms with E-state index in [1.165, 1.54) is 11.1 Å². The Bertz CT molecular complexity index is 491. The Kier molecular flexibility index (Phi) is 4.15. The van der Waals surface area contributed by atoms with Gasteiger partial charge in [0.1, 0.15) is 0 Å². The highest BCUT2D eigenvalue weighted by Gasteiger charge is 2.09. The van der Waals surface area contributed by atoms with Gasteiger partial charge in [0.25, 0.3) is 0 Å². The molecule has 0 saturated heterocycles. The molecule has 0 radical (unpaired) electrons. The molecule has 1 atom stereocenters. The second kappa shape index (κ2) is 5.83. The molecule has 2 aromatic rings. The predicted molar refractivity (Wildman–Crippen MR) is 72.3 cm³/mol. The number of aliphatic hydroxyl groups is 1. The zero-order valence-electron chi connectivity index (χ0n) is 11.0. The molecule has 0 aliphatic rings. The summed E-state index contributed by atoms with van der Waals surface area (Å²) in [5.41, 5.74) is 3.46. The van der Waals surface area contributed by atoms with E-state index in [-0.39, 0.29) is 6.10 Å². The van der Waals surface area contributed by atoms with Gasteiger partial charge >= 0.3 is 0 Å². The Hall–Kier alpha value is -1.61. The summed E-state index contributed by atoms with van der Waals surface area (Å²) < 4.78 is 2.04. The topological polar surface area (TPSA) is 38.0 Å². The minimum absolute atomic E-state index is 0.367. The van der Waals surface area contributed by atoms with Gasteiger partial charge in [0.05, 0.1) is 12.4 Å². The van der Waals surface area contributed by atoms with Crippen LogP contribution in [0.1, 0.15) is 35.6 Å². The minimum Gasteiger partial charge on any atom is -0.388 e. The van der Waals surface area contributed by atoms with Gasteiger partial charge < -0.3 is 9.67 Å². The van der Waals surface area contributed by atoms with Crippen LogP contribution in [0, 0.1) is 13.8 Å². The quantitative estimate of drug-likeness (QED) is 0.878. The van der Waals surface area contributed by atoms with Gasteiger partial charge in [-0.1, -0.05) is 23.8 Å². The van der Waals surface area contributed by atoms with Gasteiger partial charge in [-0.05, 0) is 37.8 Å². The number of imidazole rings is 1. The number of aromatic nitrogens is 2. The van der Waals surface area contributed by atoms with E-state index < -0.39 is 0 Å². The average Bonchev–Trinajstić information content (AvgIpc) is 2.81. The van der Waals surface area contributed by atoms with E-state index in [0.29, 0.717) is 0 Å². The number of nitrogens with zero attached hydrogens (tertiary/aromatic N) is 2. The summed E-state index contributed by atoms with van der Waals surface area (Å²) in [6.45, 7) is 5.03. The summed E-state index contributed by atoms with van der Waals surface area (Å²) in [6, 6.07) is 6.21. The standard InChI is InChI=1S/C15H20N2O/c1-12-5-6-14(13(2)10-12)15(18)4-3-8-17-9-7-16-11-17/h5-7,9-11,15,18H,3-4,8H2,1-2H3. The lowest BCUT2D eigenvalue weighted by Crippen LogP contribution is -2.03. The molecule has 0 amide bonds. The lowest BCUT2D eigenvalue weighted by atomic mass is 9.98. The highest BCUT2D eigenvalue weighted by Crippen LogP contribution is 2.22. The third-order valence-electron chi connectivity index (χ3n) is 3.24. The van der Waals surface area contributed by atoms with Crippen LogP contribution in [-0.4, -0.2) is 14.7 Å². The molecule has 0 aliphatic heterocycles. The van der Waals surface area contributed by atoms with Crippen molar-refractivity contribution in [2.75, 3.05) is 0 Å². The summed E-state index contributed by atoms with van der Waals surface area (Å²) in [6.07, 6.45) is 6.90. The van der Waals surface area contributed by atoms with Crippen LogP contribution in [0.4, 0.5) is 0 Å². The van der Waals surface area contributed by atoms with Crippen LogP contribution in [0.15, 0.2) is 36.9 Å². The van der Waals surface area contributed by atoms with Crippen molar-refractivity contribution in [2.45, 2.75) is 39.3 Å². The zero-order valence-corrected chi connectivity index (χ0v) is 11.0. The maximum Gasteiger partial charge on any atom is 0.0945 e. The van der Waals surface area contributed by atoms with Crippen molar-refractivity contribution in [1.82, 2.24) is 9.55 Å². The van der Waals surface area contributed by atoms with Crippen LogP contribution in [0.25, 0.3) is 0 Å². The maximum atomic E-state index is 10.2. The number of rotatable bonds is 5. The van der Waals surface area contributed by atoms with Gasteiger partial charge in [0.2, 0.25) is 0 Å². The van der Waals surface area contributed by atoms with Crippen LogP contribution in [0.3, 0.4) is 0 Å². The first-order chi connectivity index (χ1) is 8.66. The van der Waals surface area contributed by atoms with Gasteiger partial charge in [-0.3, -0.25) is 0 Å². The normalized spacial score (nSPS) is 12.6. The molecule has 0 fully saturated rings. The third kappa shape index (κ3) is 3.20. The molecule has 1 N–H and O–H groups in total.